The predicted octanol–water partition coefficient (Wildman–Crippen LogP) is 5.17. The minimum Gasteiger partial charge on any atom is -0.309 e. The second kappa shape index (κ2) is 7.31. The first-order valence-corrected chi connectivity index (χ1v) is 10.6. The van der Waals surface area contributed by atoms with Gasteiger partial charge in [-0.1, -0.05) is 0 Å². The molecule has 4 bridgehead atoms. The fraction of sp³-hybridized carbons (Fsp3) is 0.545. The third-order valence-corrected chi connectivity index (χ3v) is 7.23. The van der Waals surface area contributed by atoms with Gasteiger partial charge in [-0.25, -0.2) is 22.0 Å². The van der Waals surface area contributed by atoms with E-state index in [9.17, 15) is 26.7 Å². The number of hydrogen-bond acceptors (Lipinski definition) is 2. The average Bonchev–Trinajstić information content (AvgIpc) is 3.13. The number of carbonyl (C=O) groups excluding carboxylic acids is 1. The molecule has 166 valence electrons. The molecule has 4 aliphatic rings. The number of aromatic nitrogens is 2. The van der Waals surface area contributed by atoms with Crippen molar-refractivity contribution in [3.05, 3.63) is 46.9 Å². The average molecular weight is 439 g/mol. The van der Waals surface area contributed by atoms with Crippen LogP contribution in [-0.2, 0) is 11.3 Å². The van der Waals surface area contributed by atoms with Gasteiger partial charge < -0.3 is 5.32 Å². The third-order valence-electron chi connectivity index (χ3n) is 7.23. The highest BCUT2D eigenvalue weighted by Crippen LogP contribution is 2.61. The standard InChI is InChI=1S/C22H22F5N3O/c23-17-14(18(24)20(26)21(27)19(17)25)10-30-2-1-15(29-30)28-16(31)9-22-6-11-3-12(7-22)5-13(4-11)8-22/h1-2,11-13H,3-10H2,(H,28,29,31). The monoisotopic (exact) mass is 439 g/mol. The minimum atomic E-state index is -2.20. The molecule has 0 radical (unpaired) electrons. The zero-order chi connectivity index (χ0) is 21.9. The van der Waals surface area contributed by atoms with Crippen LogP contribution in [0.3, 0.4) is 0 Å². The Bertz CT molecular complexity index is 986. The van der Waals surface area contributed by atoms with E-state index in [0.29, 0.717) is 6.42 Å². The second-order valence-corrected chi connectivity index (χ2v) is 9.59. The van der Waals surface area contributed by atoms with E-state index in [0.717, 1.165) is 41.7 Å². The number of halogens is 5. The lowest BCUT2D eigenvalue weighted by molar-refractivity contribution is -0.124. The van der Waals surface area contributed by atoms with Crippen LogP contribution in [0.15, 0.2) is 12.3 Å². The van der Waals surface area contributed by atoms with Crippen molar-refractivity contribution < 1.29 is 26.7 Å². The molecule has 0 unspecified atom stereocenters. The van der Waals surface area contributed by atoms with E-state index < -0.39 is 41.2 Å². The molecule has 0 aliphatic heterocycles. The van der Waals surface area contributed by atoms with Crippen molar-refractivity contribution in [2.45, 2.75) is 51.5 Å². The van der Waals surface area contributed by atoms with Gasteiger partial charge in [-0.2, -0.15) is 5.10 Å². The summed E-state index contributed by atoms with van der Waals surface area (Å²) >= 11 is 0. The molecule has 1 aromatic carbocycles. The van der Waals surface area contributed by atoms with Crippen molar-refractivity contribution in [1.82, 2.24) is 9.78 Å². The Kier molecular flexibility index (Phi) is 4.82. The number of amides is 1. The fourth-order valence-electron chi connectivity index (χ4n) is 6.50. The highest BCUT2D eigenvalue weighted by Gasteiger charge is 2.51. The Morgan fingerprint density at radius 2 is 1.45 bits per heavy atom. The quantitative estimate of drug-likeness (QED) is 0.397. The maximum absolute atomic E-state index is 13.9. The van der Waals surface area contributed by atoms with Gasteiger partial charge in [-0.05, 0) is 61.7 Å². The number of hydrogen-bond donors (Lipinski definition) is 1. The summed E-state index contributed by atoms with van der Waals surface area (Å²) in [5, 5.41) is 6.73. The van der Waals surface area contributed by atoms with Gasteiger partial charge in [0.15, 0.2) is 29.1 Å². The van der Waals surface area contributed by atoms with Crippen molar-refractivity contribution in [1.29, 1.82) is 0 Å². The van der Waals surface area contributed by atoms with Gasteiger partial charge in [0.2, 0.25) is 11.7 Å². The lowest BCUT2D eigenvalue weighted by Crippen LogP contribution is -2.47. The molecule has 1 aromatic heterocycles. The smallest absolute Gasteiger partial charge is 0.226 e. The molecule has 0 spiro atoms. The first kappa shape index (κ1) is 20.5. The highest BCUT2D eigenvalue weighted by molar-refractivity contribution is 5.90. The largest absolute Gasteiger partial charge is 0.309 e. The molecule has 6 rings (SSSR count). The molecule has 1 amide bonds. The van der Waals surface area contributed by atoms with Crippen molar-refractivity contribution in [2.75, 3.05) is 5.32 Å². The Balaban J connectivity index is 1.26. The number of anilines is 1. The molecule has 2 aromatic rings. The molecule has 4 saturated carbocycles. The topological polar surface area (TPSA) is 46.9 Å². The Morgan fingerprint density at radius 1 is 0.935 bits per heavy atom. The SMILES string of the molecule is O=C(CC12CC3CC(CC(C3)C1)C2)Nc1ccn(Cc2c(F)c(F)c(F)c(F)c2F)n1. The van der Waals surface area contributed by atoms with E-state index in [1.807, 2.05) is 0 Å². The molecular formula is C22H22F5N3O. The number of carbonyl (C=O) groups is 1. The van der Waals surface area contributed by atoms with Crippen LogP contribution in [0.1, 0.15) is 50.5 Å². The van der Waals surface area contributed by atoms with Gasteiger partial charge in [-0.15, -0.1) is 0 Å². The van der Waals surface area contributed by atoms with Gasteiger partial charge in [0.25, 0.3) is 0 Å². The van der Waals surface area contributed by atoms with Crippen molar-refractivity contribution >= 4 is 11.7 Å². The summed E-state index contributed by atoms with van der Waals surface area (Å²) in [5.41, 5.74) is -0.928. The molecule has 31 heavy (non-hydrogen) atoms. The molecule has 4 fully saturated rings. The van der Waals surface area contributed by atoms with Crippen LogP contribution in [0.4, 0.5) is 27.8 Å². The van der Waals surface area contributed by atoms with E-state index in [4.69, 9.17) is 0 Å². The molecule has 4 aliphatic carbocycles. The van der Waals surface area contributed by atoms with E-state index in [-0.39, 0.29) is 17.1 Å². The Hall–Kier alpha value is -2.45. The molecule has 1 N–H and O–H groups in total. The zero-order valence-electron chi connectivity index (χ0n) is 16.7. The maximum Gasteiger partial charge on any atom is 0.226 e. The van der Waals surface area contributed by atoms with Gasteiger partial charge in [0.05, 0.1) is 12.1 Å². The van der Waals surface area contributed by atoms with Crippen LogP contribution >= 0.6 is 0 Å². The van der Waals surface area contributed by atoms with E-state index in [1.54, 1.807) is 0 Å². The van der Waals surface area contributed by atoms with Crippen molar-refractivity contribution in [3.8, 4) is 0 Å². The van der Waals surface area contributed by atoms with Gasteiger partial charge >= 0.3 is 0 Å². The van der Waals surface area contributed by atoms with E-state index in [2.05, 4.69) is 10.4 Å². The van der Waals surface area contributed by atoms with Crippen LogP contribution in [0.2, 0.25) is 0 Å². The van der Waals surface area contributed by atoms with Crippen LogP contribution in [0.25, 0.3) is 0 Å². The van der Waals surface area contributed by atoms with E-state index in [1.165, 1.54) is 31.5 Å². The molecular weight excluding hydrogens is 417 g/mol. The van der Waals surface area contributed by atoms with Crippen LogP contribution in [0.5, 0.6) is 0 Å². The third kappa shape index (κ3) is 3.61. The second-order valence-electron chi connectivity index (χ2n) is 9.59. The summed E-state index contributed by atoms with van der Waals surface area (Å²) < 4.78 is 68.8. The lowest BCUT2D eigenvalue weighted by Gasteiger charge is -2.56. The number of rotatable bonds is 5. The highest BCUT2D eigenvalue weighted by atomic mass is 19.2. The first-order chi connectivity index (χ1) is 14.7. The van der Waals surface area contributed by atoms with Crippen molar-refractivity contribution in [3.63, 3.8) is 0 Å². The zero-order valence-corrected chi connectivity index (χ0v) is 16.7. The summed E-state index contributed by atoms with van der Waals surface area (Å²) in [5.74, 6) is -7.79. The molecule has 0 atom stereocenters. The van der Waals surface area contributed by atoms with Crippen LogP contribution in [-0.4, -0.2) is 15.7 Å². The van der Waals surface area contributed by atoms with Crippen LogP contribution in [0, 0.1) is 52.3 Å². The maximum atomic E-state index is 13.9. The molecule has 9 heteroatoms. The minimum absolute atomic E-state index is 0.0524. The lowest BCUT2D eigenvalue weighted by atomic mass is 9.49. The van der Waals surface area contributed by atoms with Gasteiger partial charge in [-0.3, -0.25) is 9.48 Å². The summed E-state index contributed by atoms with van der Waals surface area (Å²) in [6.07, 6.45) is 8.83. The van der Waals surface area contributed by atoms with Gasteiger partial charge in [0.1, 0.15) is 0 Å². The van der Waals surface area contributed by atoms with Crippen molar-refractivity contribution in [2.24, 2.45) is 23.2 Å². The summed E-state index contributed by atoms with van der Waals surface area (Å²) in [6.45, 7) is -0.656. The summed E-state index contributed by atoms with van der Waals surface area (Å²) in [6, 6.07) is 1.43. The fourth-order valence-corrected chi connectivity index (χ4v) is 6.50. The summed E-state index contributed by atoms with van der Waals surface area (Å²) in [7, 11) is 0. The number of nitrogens with zero attached hydrogens (tertiary/aromatic N) is 2. The molecule has 4 nitrogen and oxygen atoms in total. The Labute approximate surface area is 175 Å². The summed E-state index contributed by atoms with van der Waals surface area (Å²) in [4.78, 5) is 12.7. The van der Waals surface area contributed by atoms with Crippen LogP contribution < -0.4 is 5.32 Å². The molecule has 1 heterocycles. The predicted molar refractivity (Wildman–Crippen MR) is 101 cm³/mol. The molecule has 0 saturated heterocycles. The van der Waals surface area contributed by atoms with Gasteiger partial charge in [0, 0.05) is 18.7 Å². The Morgan fingerprint density at radius 3 is 2.00 bits per heavy atom. The number of benzene rings is 1. The normalized spacial score (nSPS) is 28.9. The first-order valence-electron chi connectivity index (χ1n) is 10.6. The number of nitrogens with one attached hydrogen (secondary N) is 1. The van der Waals surface area contributed by atoms with E-state index >= 15 is 0 Å².